The third-order valence-corrected chi connectivity index (χ3v) is 14.3. The first-order chi connectivity index (χ1) is 35.8. The van der Waals surface area contributed by atoms with Crippen molar-refractivity contribution in [1.29, 1.82) is 10.5 Å². The van der Waals surface area contributed by atoms with Gasteiger partial charge in [0.1, 0.15) is 0 Å². The molecule has 0 saturated carbocycles. The summed E-state index contributed by atoms with van der Waals surface area (Å²) in [7, 11) is 0. The van der Waals surface area contributed by atoms with Gasteiger partial charge >= 0.3 is 0 Å². The van der Waals surface area contributed by atoms with Crippen molar-refractivity contribution >= 4 is 43.6 Å². The fourth-order valence-corrected chi connectivity index (χ4v) is 10.5. The summed E-state index contributed by atoms with van der Waals surface area (Å²) >= 11 is 0. The van der Waals surface area contributed by atoms with E-state index in [9.17, 15) is 10.5 Å². The molecule has 3 heterocycles. The molecule has 0 spiro atoms. The number of para-hydroxylation sites is 2. The van der Waals surface area contributed by atoms with Gasteiger partial charge in [0.2, 0.25) is 0 Å². The highest BCUT2D eigenvalue weighted by molar-refractivity contribution is 6.11. The summed E-state index contributed by atoms with van der Waals surface area (Å²) < 4.78 is 4.69. The van der Waals surface area contributed by atoms with E-state index < -0.39 is 0 Å². The molecule has 7 heteroatoms. The van der Waals surface area contributed by atoms with Gasteiger partial charge in [-0.3, -0.25) is 0 Å². The normalized spacial score (nSPS) is 11.9. The summed E-state index contributed by atoms with van der Waals surface area (Å²) in [5.74, 6) is 1.58. The highest BCUT2D eigenvalue weighted by Crippen LogP contribution is 2.42. The van der Waals surface area contributed by atoms with Crippen LogP contribution in [0.3, 0.4) is 0 Å². The van der Waals surface area contributed by atoms with Gasteiger partial charge in [-0.15, -0.1) is 0 Å². The van der Waals surface area contributed by atoms with Gasteiger partial charge in [0.25, 0.3) is 0 Å². The molecule has 9 aromatic carbocycles. The molecule has 0 radical (unpaired) electrons. The molecular weight excluding hydrogens is 903 g/mol. The van der Waals surface area contributed by atoms with Crippen LogP contribution in [0.25, 0.3) is 111 Å². The van der Waals surface area contributed by atoms with E-state index in [0.717, 1.165) is 83.2 Å². The van der Waals surface area contributed by atoms with Gasteiger partial charge in [0, 0.05) is 49.4 Å². The van der Waals surface area contributed by atoms with Crippen molar-refractivity contribution in [3.8, 4) is 79.9 Å². The van der Waals surface area contributed by atoms with Crippen LogP contribution in [-0.4, -0.2) is 24.1 Å². The van der Waals surface area contributed by atoms with Crippen LogP contribution in [0.4, 0.5) is 0 Å². The minimum atomic E-state index is -0.0454. The predicted molar refractivity (Wildman–Crippen MR) is 303 cm³/mol. The van der Waals surface area contributed by atoms with Crippen LogP contribution >= 0.6 is 0 Å². The number of benzene rings is 9. The second-order valence-electron chi connectivity index (χ2n) is 21.2. The van der Waals surface area contributed by atoms with E-state index in [1.807, 2.05) is 66.7 Å². The molecule has 12 aromatic rings. The summed E-state index contributed by atoms with van der Waals surface area (Å²) in [6.07, 6.45) is 0. The lowest BCUT2D eigenvalue weighted by molar-refractivity contribution is 0.591. The average Bonchev–Trinajstić information content (AvgIpc) is 3.95. The Balaban J connectivity index is 1.11. The topological polar surface area (TPSA) is 96.1 Å². The van der Waals surface area contributed by atoms with E-state index in [1.54, 1.807) is 0 Å². The second kappa shape index (κ2) is 17.7. The molecule has 74 heavy (non-hydrogen) atoms. The highest BCUT2D eigenvalue weighted by atomic mass is 15.0. The van der Waals surface area contributed by atoms with Crippen LogP contribution in [0.5, 0.6) is 0 Å². The number of rotatable bonds is 7. The molecule has 0 atom stereocenters. The van der Waals surface area contributed by atoms with Crippen molar-refractivity contribution in [3.05, 3.63) is 222 Å². The molecule has 0 fully saturated rings. The van der Waals surface area contributed by atoms with Gasteiger partial charge in [-0.2, -0.15) is 10.5 Å². The first kappa shape index (κ1) is 45.7. The lowest BCUT2D eigenvalue weighted by Crippen LogP contribution is -2.10. The molecule has 0 bridgehead atoms. The number of nitrogens with zero attached hydrogens (tertiary/aromatic N) is 7. The zero-order valence-corrected chi connectivity index (χ0v) is 42.2. The van der Waals surface area contributed by atoms with Gasteiger partial charge in [0.15, 0.2) is 17.5 Å². The van der Waals surface area contributed by atoms with Crippen molar-refractivity contribution in [2.45, 2.75) is 52.4 Å². The Bertz CT molecular complexity index is 4040. The smallest absolute Gasteiger partial charge is 0.164 e. The largest absolute Gasteiger partial charge is 0.309 e. The molecule has 0 N–H and O–H groups in total. The average molecular weight is 954 g/mol. The standard InChI is InChI=1S/C67H51N7/c1-66(2,3)49-28-32-59-55(38-49)53-22-10-12-24-57(53)73(59)61-36-47(26-30-51(61)45-20-14-16-42(34-45)40-68)64-70-63(44-18-8-7-9-19-44)71-65(72-64)48-27-31-52(46-21-15-17-43(35-46)41-69)62(37-48)74-58-25-13-11-23-54(58)56-39-50(67(4,5)6)29-33-60(56)74/h7-39H,1-6H3. The summed E-state index contributed by atoms with van der Waals surface area (Å²) in [6.45, 7) is 13.5. The van der Waals surface area contributed by atoms with Crippen LogP contribution in [0.15, 0.2) is 200 Å². The lowest BCUT2D eigenvalue weighted by atomic mass is 9.86. The summed E-state index contributed by atoms with van der Waals surface area (Å²) in [6, 6.07) is 74.0. The Kier molecular flexibility index (Phi) is 10.9. The quantitative estimate of drug-likeness (QED) is 0.159. The van der Waals surface area contributed by atoms with Crippen molar-refractivity contribution < 1.29 is 0 Å². The number of hydrogen-bond donors (Lipinski definition) is 0. The third-order valence-electron chi connectivity index (χ3n) is 14.3. The van der Waals surface area contributed by atoms with Crippen molar-refractivity contribution in [2.75, 3.05) is 0 Å². The zero-order chi connectivity index (χ0) is 50.9. The molecule has 354 valence electrons. The molecule has 12 rings (SSSR count). The van der Waals surface area contributed by atoms with Gasteiger partial charge in [-0.25, -0.2) is 15.0 Å². The number of aromatic nitrogens is 5. The first-order valence-electron chi connectivity index (χ1n) is 25.0. The van der Waals surface area contributed by atoms with Gasteiger partial charge in [-0.05, 0) is 106 Å². The van der Waals surface area contributed by atoms with Crippen LogP contribution < -0.4 is 0 Å². The summed E-state index contributed by atoms with van der Waals surface area (Å²) in [4.78, 5) is 15.9. The maximum Gasteiger partial charge on any atom is 0.164 e. The Labute approximate surface area is 430 Å². The summed E-state index contributed by atoms with van der Waals surface area (Å²) in [5.41, 5.74) is 16.0. The van der Waals surface area contributed by atoms with Crippen LogP contribution in [-0.2, 0) is 10.8 Å². The number of nitriles is 2. The van der Waals surface area contributed by atoms with Crippen molar-refractivity contribution in [3.63, 3.8) is 0 Å². The molecule has 0 saturated heterocycles. The van der Waals surface area contributed by atoms with Crippen molar-refractivity contribution in [2.24, 2.45) is 0 Å². The van der Waals surface area contributed by atoms with Crippen molar-refractivity contribution in [1.82, 2.24) is 24.1 Å². The molecule has 7 nitrogen and oxygen atoms in total. The molecule has 0 amide bonds. The van der Waals surface area contributed by atoms with Gasteiger partial charge in [0.05, 0.1) is 56.7 Å². The molecule has 0 aliphatic rings. The Morgan fingerprint density at radius 2 is 0.730 bits per heavy atom. The third kappa shape index (κ3) is 7.96. The molecule has 0 aliphatic carbocycles. The van der Waals surface area contributed by atoms with E-state index in [4.69, 9.17) is 15.0 Å². The number of fused-ring (bicyclic) bond motifs is 6. The van der Waals surface area contributed by atoms with E-state index in [-0.39, 0.29) is 10.8 Å². The monoisotopic (exact) mass is 953 g/mol. The van der Waals surface area contributed by atoms with E-state index in [2.05, 4.69) is 196 Å². The van der Waals surface area contributed by atoms with E-state index in [1.165, 1.54) is 21.9 Å². The lowest BCUT2D eigenvalue weighted by Gasteiger charge is -2.20. The van der Waals surface area contributed by atoms with Crippen LogP contribution in [0.1, 0.15) is 63.8 Å². The fourth-order valence-electron chi connectivity index (χ4n) is 10.5. The minimum absolute atomic E-state index is 0.0454. The SMILES string of the molecule is CC(C)(C)c1ccc2c(c1)c1ccccc1n2-c1cc(-c2nc(-c3ccccc3)nc(-c3ccc(-c4cccc(C#N)c4)c(-n4c5ccccc5c5cc(C(C)(C)C)ccc54)c3)n2)ccc1-c1cccc(C#N)c1. The zero-order valence-electron chi connectivity index (χ0n) is 42.2. The van der Waals surface area contributed by atoms with Gasteiger partial charge < -0.3 is 9.13 Å². The first-order valence-corrected chi connectivity index (χ1v) is 25.0. The van der Waals surface area contributed by atoms with Gasteiger partial charge in [-0.1, -0.05) is 169 Å². The van der Waals surface area contributed by atoms with E-state index in [0.29, 0.717) is 28.6 Å². The maximum absolute atomic E-state index is 10.1. The molecule has 3 aromatic heterocycles. The maximum atomic E-state index is 10.1. The minimum Gasteiger partial charge on any atom is -0.309 e. The molecule has 0 aliphatic heterocycles. The second-order valence-corrected chi connectivity index (χ2v) is 21.2. The Morgan fingerprint density at radius 1 is 0.338 bits per heavy atom. The predicted octanol–water partition coefficient (Wildman–Crippen LogP) is 16.7. The van der Waals surface area contributed by atoms with E-state index >= 15 is 0 Å². The van der Waals surface area contributed by atoms with Crippen LogP contribution in [0.2, 0.25) is 0 Å². The molecular formula is C67H51N7. The fraction of sp³-hybridized carbons (Fsp3) is 0.119. The van der Waals surface area contributed by atoms with Crippen LogP contribution in [0, 0.1) is 22.7 Å². The summed E-state index contributed by atoms with van der Waals surface area (Å²) in [5, 5.41) is 24.8. The Hall–Kier alpha value is -9.43. The highest BCUT2D eigenvalue weighted by Gasteiger charge is 2.24. The number of hydrogen-bond acceptors (Lipinski definition) is 5. The Morgan fingerprint density at radius 3 is 1.16 bits per heavy atom. The molecule has 0 unspecified atom stereocenters.